The molecule has 134 valence electrons. The highest BCUT2D eigenvalue weighted by atomic mass is 16.5. The molecule has 24 heavy (non-hydrogen) atoms. The van der Waals surface area contributed by atoms with Crippen LogP contribution in [0.3, 0.4) is 0 Å². The van der Waals surface area contributed by atoms with E-state index in [2.05, 4.69) is 36.2 Å². The van der Waals surface area contributed by atoms with Gasteiger partial charge in [0.15, 0.2) is 0 Å². The Morgan fingerprint density at radius 2 is 1.88 bits per heavy atom. The third-order valence-corrected chi connectivity index (χ3v) is 5.51. The van der Waals surface area contributed by atoms with Crippen molar-refractivity contribution in [3.05, 3.63) is 29.8 Å². The van der Waals surface area contributed by atoms with Crippen molar-refractivity contribution in [1.82, 2.24) is 4.90 Å². The number of benzene rings is 1. The van der Waals surface area contributed by atoms with Gasteiger partial charge in [-0.2, -0.15) is 0 Å². The van der Waals surface area contributed by atoms with Crippen LogP contribution in [0.5, 0.6) is 5.75 Å². The highest BCUT2D eigenvalue weighted by Crippen LogP contribution is 2.27. The fourth-order valence-corrected chi connectivity index (χ4v) is 3.84. The first kappa shape index (κ1) is 17.7. The van der Waals surface area contributed by atoms with Gasteiger partial charge in [-0.15, -0.1) is 0 Å². The predicted molar refractivity (Wildman–Crippen MR) is 95.2 cm³/mol. The van der Waals surface area contributed by atoms with Crippen LogP contribution in [0, 0.1) is 5.92 Å². The zero-order valence-electron chi connectivity index (χ0n) is 14.8. The number of nitrogens with zero attached hydrogens (tertiary/aromatic N) is 1. The van der Waals surface area contributed by atoms with Crippen LogP contribution in [-0.4, -0.2) is 49.0 Å². The van der Waals surface area contributed by atoms with Crippen LogP contribution in [0.4, 0.5) is 0 Å². The molecule has 4 nitrogen and oxygen atoms in total. The largest absolute Gasteiger partial charge is 0.491 e. The molecule has 1 aliphatic carbocycles. The molecule has 1 aliphatic heterocycles. The SMILES string of the molecule is CN(Cc1ccc(OCC2CCCO2)cc1)C1CCC(CO)CC1. The van der Waals surface area contributed by atoms with Gasteiger partial charge in [-0.3, -0.25) is 4.90 Å². The zero-order chi connectivity index (χ0) is 16.8. The molecule has 0 aromatic heterocycles. The lowest BCUT2D eigenvalue weighted by molar-refractivity contribution is 0.0679. The highest BCUT2D eigenvalue weighted by Gasteiger charge is 2.23. The van der Waals surface area contributed by atoms with Gasteiger partial charge in [0, 0.05) is 25.8 Å². The fourth-order valence-electron chi connectivity index (χ4n) is 3.84. The predicted octanol–water partition coefficient (Wildman–Crippen LogP) is 3.23. The highest BCUT2D eigenvalue weighted by molar-refractivity contribution is 5.27. The van der Waals surface area contributed by atoms with Crippen molar-refractivity contribution in [3.63, 3.8) is 0 Å². The van der Waals surface area contributed by atoms with E-state index in [1.807, 2.05) is 0 Å². The number of ether oxygens (including phenoxy) is 2. The van der Waals surface area contributed by atoms with E-state index in [9.17, 15) is 5.11 Å². The molecule has 1 atom stereocenters. The second-order valence-electron chi connectivity index (χ2n) is 7.36. The summed E-state index contributed by atoms with van der Waals surface area (Å²) in [5.41, 5.74) is 1.33. The van der Waals surface area contributed by atoms with Crippen molar-refractivity contribution in [3.8, 4) is 5.75 Å². The Balaban J connectivity index is 1.43. The van der Waals surface area contributed by atoms with E-state index in [0.717, 1.165) is 44.6 Å². The molecule has 1 aromatic carbocycles. The summed E-state index contributed by atoms with van der Waals surface area (Å²) in [6.45, 7) is 2.86. The molecule has 1 unspecified atom stereocenters. The Morgan fingerprint density at radius 3 is 2.50 bits per heavy atom. The number of aliphatic hydroxyl groups is 1. The fraction of sp³-hybridized carbons (Fsp3) is 0.700. The van der Waals surface area contributed by atoms with E-state index in [-0.39, 0.29) is 6.10 Å². The van der Waals surface area contributed by atoms with Crippen molar-refractivity contribution in [2.75, 3.05) is 26.9 Å². The lowest BCUT2D eigenvalue weighted by atomic mass is 9.86. The summed E-state index contributed by atoms with van der Waals surface area (Å²) in [7, 11) is 2.21. The topological polar surface area (TPSA) is 41.9 Å². The third-order valence-electron chi connectivity index (χ3n) is 5.51. The van der Waals surface area contributed by atoms with Gasteiger partial charge in [0.05, 0.1) is 6.10 Å². The molecule has 0 radical (unpaired) electrons. The van der Waals surface area contributed by atoms with Gasteiger partial charge in [-0.25, -0.2) is 0 Å². The summed E-state index contributed by atoms with van der Waals surface area (Å²) in [6, 6.07) is 9.12. The molecule has 2 aliphatic rings. The molecule has 3 rings (SSSR count). The molecule has 1 saturated heterocycles. The second-order valence-corrected chi connectivity index (χ2v) is 7.36. The smallest absolute Gasteiger partial charge is 0.119 e. The number of rotatable bonds is 7. The minimum atomic E-state index is 0.268. The molecular formula is C20H31NO3. The standard InChI is InChI=1S/C20H31NO3/c1-21(18-8-4-17(14-22)5-9-18)13-16-6-10-19(11-7-16)24-15-20-3-2-12-23-20/h6-7,10-11,17-18,20,22H,2-5,8-9,12-15H2,1H3. The summed E-state index contributed by atoms with van der Waals surface area (Å²) in [5, 5.41) is 9.26. The van der Waals surface area contributed by atoms with Crippen LogP contribution in [0.2, 0.25) is 0 Å². The first-order valence-electron chi connectivity index (χ1n) is 9.39. The lowest BCUT2D eigenvalue weighted by Crippen LogP contribution is -2.35. The van der Waals surface area contributed by atoms with Gasteiger partial charge >= 0.3 is 0 Å². The van der Waals surface area contributed by atoms with Gasteiger partial charge in [0.25, 0.3) is 0 Å². The first-order valence-corrected chi connectivity index (χ1v) is 9.39. The lowest BCUT2D eigenvalue weighted by Gasteiger charge is -2.34. The normalized spacial score (nSPS) is 27.5. The van der Waals surface area contributed by atoms with Crippen LogP contribution in [0.15, 0.2) is 24.3 Å². The summed E-state index contributed by atoms with van der Waals surface area (Å²) in [5.74, 6) is 1.45. The van der Waals surface area contributed by atoms with E-state index in [0.29, 0.717) is 25.2 Å². The quantitative estimate of drug-likeness (QED) is 0.832. The molecule has 1 aromatic rings. The Morgan fingerprint density at radius 1 is 1.12 bits per heavy atom. The zero-order valence-corrected chi connectivity index (χ0v) is 14.8. The molecule has 2 fully saturated rings. The Bertz CT molecular complexity index is 476. The maximum Gasteiger partial charge on any atom is 0.119 e. The summed E-state index contributed by atoms with van der Waals surface area (Å²) >= 11 is 0. The van der Waals surface area contributed by atoms with E-state index >= 15 is 0 Å². The minimum Gasteiger partial charge on any atom is -0.491 e. The van der Waals surface area contributed by atoms with Crippen molar-refractivity contribution in [2.45, 2.75) is 57.2 Å². The summed E-state index contributed by atoms with van der Waals surface area (Å²) in [6.07, 6.45) is 7.24. The minimum absolute atomic E-state index is 0.268. The van der Waals surface area contributed by atoms with Gasteiger partial charge in [-0.05, 0) is 69.2 Å². The molecule has 4 heteroatoms. The van der Waals surface area contributed by atoms with E-state index in [1.54, 1.807) is 0 Å². The third kappa shape index (κ3) is 4.95. The number of hydrogen-bond donors (Lipinski definition) is 1. The van der Waals surface area contributed by atoms with Gasteiger partial charge < -0.3 is 14.6 Å². The average Bonchev–Trinajstić information content (AvgIpc) is 3.15. The summed E-state index contributed by atoms with van der Waals surface area (Å²) < 4.78 is 11.4. The van der Waals surface area contributed by atoms with Crippen LogP contribution in [-0.2, 0) is 11.3 Å². The molecule has 1 saturated carbocycles. The molecule has 0 bridgehead atoms. The monoisotopic (exact) mass is 333 g/mol. The second kappa shape index (κ2) is 8.84. The van der Waals surface area contributed by atoms with Gasteiger partial charge in [-0.1, -0.05) is 12.1 Å². The van der Waals surface area contributed by atoms with Gasteiger partial charge in [0.2, 0.25) is 0 Å². The van der Waals surface area contributed by atoms with Gasteiger partial charge in [0.1, 0.15) is 12.4 Å². The Labute approximate surface area is 145 Å². The van der Waals surface area contributed by atoms with Crippen LogP contribution < -0.4 is 4.74 Å². The molecule has 1 heterocycles. The first-order chi connectivity index (χ1) is 11.7. The molecular weight excluding hydrogens is 302 g/mol. The van der Waals surface area contributed by atoms with Crippen molar-refractivity contribution >= 4 is 0 Å². The van der Waals surface area contributed by atoms with Crippen LogP contribution >= 0.6 is 0 Å². The van der Waals surface area contributed by atoms with E-state index in [1.165, 1.54) is 18.4 Å². The van der Waals surface area contributed by atoms with Crippen molar-refractivity contribution in [1.29, 1.82) is 0 Å². The summed E-state index contributed by atoms with van der Waals surface area (Å²) in [4.78, 5) is 2.45. The molecule has 0 amide bonds. The maximum atomic E-state index is 9.26. The molecule has 1 N–H and O–H groups in total. The Kier molecular flexibility index (Phi) is 6.52. The van der Waals surface area contributed by atoms with E-state index in [4.69, 9.17) is 9.47 Å². The van der Waals surface area contributed by atoms with Crippen molar-refractivity contribution in [2.24, 2.45) is 5.92 Å². The van der Waals surface area contributed by atoms with Crippen LogP contribution in [0.1, 0.15) is 44.1 Å². The molecule has 0 spiro atoms. The number of aliphatic hydroxyl groups excluding tert-OH is 1. The average molecular weight is 333 g/mol. The maximum absolute atomic E-state index is 9.26. The van der Waals surface area contributed by atoms with E-state index < -0.39 is 0 Å². The Hall–Kier alpha value is -1.10. The van der Waals surface area contributed by atoms with Crippen molar-refractivity contribution < 1.29 is 14.6 Å². The van der Waals surface area contributed by atoms with Crippen LogP contribution in [0.25, 0.3) is 0 Å². The number of hydrogen-bond acceptors (Lipinski definition) is 4.